The van der Waals surface area contributed by atoms with E-state index in [9.17, 15) is 33.6 Å². The second kappa shape index (κ2) is 8.49. The van der Waals surface area contributed by atoms with Crippen molar-refractivity contribution in [1.29, 1.82) is 0 Å². The number of aromatic nitrogens is 2. The van der Waals surface area contributed by atoms with Gasteiger partial charge in [-0.2, -0.15) is 23.5 Å². The van der Waals surface area contributed by atoms with E-state index in [0.29, 0.717) is 9.85 Å². The highest BCUT2D eigenvalue weighted by atomic mass is 31.3. The summed E-state index contributed by atoms with van der Waals surface area (Å²) >= 11 is 0. The zero-order valence-electron chi connectivity index (χ0n) is 13.8. The third-order valence-electron chi connectivity index (χ3n) is 2.99. The molecule has 0 saturated carbocycles. The number of aliphatic hydroxyl groups excluding tert-OH is 2. The highest BCUT2D eigenvalue weighted by molar-refractivity contribution is 7.66. The summed E-state index contributed by atoms with van der Waals surface area (Å²) in [6.45, 7) is -1.06. The van der Waals surface area contributed by atoms with E-state index in [2.05, 4.69) is 18.1 Å². The zero-order chi connectivity index (χ0) is 22.2. The van der Waals surface area contributed by atoms with Crippen LogP contribution in [-0.4, -0.2) is 64.5 Å². The van der Waals surface area contributed by atoms with E-state index in [-0.39, 0.29) is 5.82 Å². The van der Waals surface area contributed by atoms with Gasteiger partial charge < -0.3 is 35.5 Å². The van der Waals surface area contributed by atoms with Gasteiger partial charge >= 0.3 is 29.2 Å². The number of hydrogen-bond acceptors (Lipinski definition) is 13. The lowest BCUT2D eigenvalue weighted by atomic mass is 10.2. The van der Waals surface area contributed by atoms with Crippen molar-refractivity contribution in [2.24, 2.45) is 0 Å². The molecule has 1 aromatic rings. The van der Waals surface area contributed by atoms with Crippen LogP contribution in [-0.2, 0) is 31.7 Å². The third-order valence-corrected chi connectivity index (χ3v) is 6.80. The van der Waals surface area contributed by atoms with Gasteiger partial charge in [0.05, 0.1) is 6.61 Å². The van der Waals surface area contributed by atoms with Crippen LogP contribution in [0.1, 0.15) is 0 Å². The molecule has 1 aromatic heterocycles. The van der Waals surface area contributed by atoms with Gasteiger partial charge in [0.1, 0.15) is 18.0 Å². The molecule has 0 aliphatic carbocycles. The van der Waals surface area contributed by atoms with Crippen molar-refractivity contribution in [3.05, 3.63) is 22.7 Å². The quantitative estimate of drug-likeness (QED) is 0.182. The Bertz CT molecular complexity index is 947. The van der Waals surface area contributed by atoms with Gasteiger partial charge in [-0.15, -0.1) is 0 Å². The second-order valence-corrected chi connectivity index (χ2v) is 9.64. The first-order valence-electron chi connectivity index (χ1n) is 7.06. The topological polar surface area (TPSA) is 274 Å². The normalized spacial score (nSPS) is 26.8. The number of rotatable bonds is 8. The highest BCUT2D eigenvalue weighted by Gasteiger charge is 2.46. The molecule has 21 heteroatoms. The number of nitrogens with two attached hydrogens (primary N) is 1. The minimum atomic E-state index is -5.73. The lowest BCUT2D eigenvalue weighted by Crippen LogP contribution is -2.47. The number of phosphoric ester groups is 1. The molecule has 1 aliphatic rings. The summed E-state index contributed by atoms with van der Waals surface area (Å²) in [5.74, 6) is -0.148. The molecule has 1 saturated heterocycles. The first kappa shape index (κ1) is 24.0. The molecule has 2 rings (SSSR count). The standard InChI is InChI=1S/C8H15N4O14P3/c9-5-1-2-11(8(15)10-5)12-7(14)6(13)4(24-12)3-23-28(19,20)26-29(21,22)25-27(16,17)18/h1-2,4,6-7,13-14H,3H2,(H,19,20)(H,21,22)(H2,9,10,15)(H2,16,17,18)/t4-,6-,7-/m1/s1. The summed E-state index contributed by atoms with van der Waals surface area (Å²) in [6.07, 6.45) is -4.29. The molecule has 0 aromatic carbocycles. The van der Waals surface area contributed by atoms with E-state index >= 15 is 0 Å². The first-order chi connectivity index (χ1) is 13.1. The van der Waals surface area contributed by atoms with E-state index in [4.69, 9.17) is 25.3 Å². The first-order valence-corrected chi connectivity index (χ1v) is 11.6. The maximum Gasteiger partial charge on any atom is 0.490 e. The lowest BCUT2D eigenvalue weighted by Gasteiger charge is -2.21. The predicted octanol–water partition coefficient (Wildman–Crippen LogP) is -2.90. The predicted molar refractivity (Wildman–Crippen MR) is 87.8 cm³/mol. The molecule has 2 unspecified atom stereocenters. The van der Waals surface area contributed by atoms with Crippen molar-refractivity contribution < 1.29 is 61.5 Å². The summed E-state index contributed by atoms with van der Waals surface area (Å²) in [4.78, 5) is 55.4. The van der Waals surface area contributed by atoms with Crippen molar-refractivity contribution in [3.63, 3.8) is 0 Å². The highest BCUT2D eigenvalue weighted by Crippen LogP contribution is 2.66. The number of hydroxylamine groups is 1. The van der Waals surface area contributed by atoms with E-state index in [1.165, 1.54) is 0 Å². The van der Waals surface area contributed by atoms with Crippen LogP contribution >= 0.6 is 23.5 Å². The Hall–Kier alpha value is -1.23. The van der Waals surface area contributed by atoms with Crippen molar-refractivity contribution in [1.82, 2.24) is 9.66 Å². The molecule has 166 valence electrons. The molecular weight excluding hydrogens is 469 g/mol. The lowest BCUT2D eigenvalue weighted by molar-refractivity contribution is -0.0230. The van der Waals surface area contributed by atoms with Gasteiger partial charge in [-0.05, 0) is 6.07 Å². The Morgan fingerprint density at radius 1 is 1.14 bits per heavy atom. The summed E-state index contributed by atoms with van der Waals surface area (Å²) < 4.78 is 45.3. The molecule has 0 amide bonds. The van der Waals surface area contributed by atoms with Crippen molar-refractivity contribution in [2.45, 2.75) is 18.4 Å². The number of anilines is 1. The van der Waals surface area contributed by atoms with Gasteiger partial charge in [-0.3, -0.25) is 4.52 Å². The fourth-order valence-electron chi connectivity index (χ4n) is 1.92. The van der Waals surface area contributed by atoms with Crippen LogP contribution in [0, 0.1) is 0 Å². The van der Waals surface area contributed by atoms with E-state index in [0.717, 1.165) is 12.3 Å². The van der Waals surface area contributed by atoms with Crippen LogP contribution in [0.2, 0.25) is 0 Å². The molecule has 0 spiro atoms. The van der Waals surface area contributed by atoms with Crippen LogP contribution in [0.4, 0.5) is 5.82 Å². The molecule has 1 fully saturated rings. The van der Waals surface area contributed by atoms with Crippen molar-refractivity contribution in [2.75, 3.05) is 17.5 Å². The molecule has 2 heterocycles. The molecule has 8 N–H and O–H groups in total. The van der Waals surface area contributed by atoms with Crippen LogP contribution in [0.5, 0.6) is 0 Å². The smallest absolute Gasteiger partial charge is 0.385 e. The van der Waals surface area contributed by atoms with Crippen LogP contribution < -0.4 is 16.6 Å². The molecular formula is C8H15N4O14P3. The van der Waals surface area contributed by atoms with Gasteiger partial charge in [0.15, 0.2) is 6.23 Å². The van der Waals surface area contributed by atoms with Crippen molar-refractivity contribution >= 4 is 29.3 Å². The Kier molecular flexibility index (Phi) is 7.04. The number of nitrogen functional groups attached to an aromatic ring is 1. The summed E-state index contributed by atoms with van der Waals surface area (Å²) in [5, 5.41) is 20.3. The Morgan fingerprint density at radius 3 is 2.31 bits per heavy atom. The second-order valence-electron chi connectivity index (χ2n) is 5.22. The number of aliphatic hydroxyl groups is 2. The maximum atomic E-state index is 11.8. The number of hydrogen-bond donors (Lipinski definition) is 7. The van der Waals surface area contributed by atoms with E-state index in [1.807, 2.05) is 0 Å². The molecule has 0 bridgehead atoms. The Labute approximate surface area is 160 Å². The average molecular weight is 484 g/mol. The minimum absolute atomic E-state index is 0.148. The zero-order valence-corrected chi connectivity index (χ0v) is 16.5. The molecule has 5 atom stereocenters. The Balaban J connectivity index is 2.05. The average Bonchev–Trinajstić information content (AvgIpc) is 2.78. The summed E-state index contributed by atoms with van der Waals surface area (Å²) in [7, 11) is -16.8. The summed E-state index contributed by atoms with van der Waals surface area (Å²) in [6, 6.07) is 1.16. The van der Waals surface area contributed by atoms with Crippen LogP contribution in [0.25, 0.3) is 0 Å². The minimum Gasteiger partial charge on any atom is -0.385 e. The van der Waals surface area contributed by atoms with E-state index in [1.54, 1.807) is 0 Å². The fraction of sp³-hybridized carbons (Fsp3) is 0.500. The van der Waals surface area contributed by atoms with Crippen molar-refractivity contribution in [3.8, 4) is 0 Å². The van der Waals surface area contributed by atoms with Gasteiger partial charge in [0.2, 0.25) is 0 Å². The largest absolute Gasteiger partial charge is 0.490 e. The monoisotopic (exact) mass is 484 g/mol. The van der Waals surface area contributed by atoms with Gasteiger partial charge in [0.25, 0.3) is 0 Å². The molecule has 18 nitrogen and oxygen atoms in total. The fourth-order valence-corrected chi connectivity index (χ4v) is 4.95. The Morgan fingerprint density at radius 2 is 1.76 bits per heavy atom. The maximum absolute atomic E-state index is 11.8. The molecule has 29 heavy (non-hydrogen) atoms. The number of phosphoric acid groups is 3. The SMILES string of the molecule is Nc1ccn(N2O[C@H](COP(=O)(O)OP(=O)(O)OP(=O)(O)O)[C@@H](O)[C@H]2O)c(=O)n1. The third kappa shape index (κ3) is 6.63. The summed E-state index contributed by atoms with van der Waals surface area (Å²) in [5.41, 5.74) is 4.30. The number of nitrogens with zero attached hydrogens (tertiary/aromatic N) is 3. The molecule has 0 radical (unpaired) electrons. The van der Waals surface area contributed by atoms with Gasteiger partial charge in [-0.1, -0.05) is 0 Å². The van der Waals surface area contributed by atoms with Crippen LogP contribution in [0.3, 0.4) is 0 Å². The van der Waals surface area contributed by atoms with Gasteiger partial charge in [0, 0.05) is 6.20 Å². The van der Waals surface area contributed by atoms with Gasteiger partial charge in [-0.25, -0.2) is 23.3 Å². The van der Waals surface area contributed by atoms with E-state index < -0.39 is 54.2 Å². The molecule has 1 aliphatic heterocycles. The van der Waals surface area contributed by atoms with Crippen LogP contribution in [0.15, 0.2) is 17.1 Å².